The van der Waals surface area contributed by atoms with Gasteiger partial charge in [0.2, 0.25) is 5.91 Å². The van der Waals surface area contributed by atoms with Gasteiger partial charge in [-0.2, -0.15) is 0 Å². The lowest BCUT2D eigenvalue weighted by atomic mass is 10.1. The van der Waals surface area contributed by atoms with Crippen molar-refractivity contribution < 1.29 is 4.79 Å². The number of thiocarbonyl (C=S) groups is 1. The summed E-state index contributed by atoms with van der Waals surface area (Å²) < 4.78 is 0. The summed E-state index contributed by atoms with van der Waals surface area (Å²) >= 11 is 11.0. The first-order valence-corrected chi connectivity index (χ1v) is 6.69. The first-order valence-electron chi connectivity index (χ1n) is 5.91. The third kappa shape index (κ3) is 4.08. The Kier molecular flexibility index (Phi) is 5.57. The van der Waals surface area contributed by atoms with Crippen molar-refractivity contribution in [3.8, 4) is 0 Å². The van der Waals surface area contributed by atoms with E-state index in [1.54, 1.807) is 31.1 Å². The molecule has 6 heteroatoms. The summed E-state index contributed by atoms with van der Waals surface area (Å²) in [5.41, 5.74) is 7.24. The van der Waals surface area contributed by atoms with Crippen LogP contribution >= 0.6 is 23.8 Å². The Morgan fingerprint density at radius 2 is 2.05 bits per heavy atom. The van der Waals surface area contributed by atoms with Crippen LogP contribution in [0.5, 0.6) is 0 Å². The molecule has 0 fully saturated rings. The Morgan fingerprint density at radius 1 is 1.42 bits per heavy atom. The molecular formula is C13H18ClN3OS. The number of hydrogen-bond acceptors (Lipinski definition) is 3. The molecule has 0 aliphatic heterocycles. The van der Waals surface area contributed by atoms with Crippen molar-refractivity contribution in [2.75, 3.05) is 32.1 Å². The maximum Gasteiger partial charge on any atom is 0.241 e. The Bertz CT molecular complexity index is 491. The van der Waals surface area contributed by atoms with Crippen LogP contribution in [-0.2, 0) is 4.79 Å². The summed E-state index contributed by atoms with van der Waals surface area (Å²) in [6, 6.07) is 5.33. The molecule has 0 aliphatic carbocycles. The fraction of sp³-hybridized carbons (Fsp3) is 0.385. The second-order valence-electron chi connectivity index (χ2n) is 4.33. The van der Waals surface area contributed by atoms with Crippen molar-refractivity contribution in [3.05, 3.63) is 28.8 Å². The summed E-state index contributed by atoms with van der Waals surface area (Å²) in [6.45, 7) is 2.93. The fourth-order valence-corrected chi connectivity index (χ4v) is 1.99. The Morgan fingerprint density at radius 3 is 2.53 bits per heavy atom. The van der Waals surface area contributed by atoms with Crippen molar-refractivity contribution in [3.63, 3.8) is 0 Å². The molecule has 1 amide bonds. The second-order valence-corrected chi connectivity index (χ2v) is 5.20. The van der Waals surface area contributed by atoms with E-state index in [-0.39, 0.29) is 17.4 Å². The van der Waals surface area contributed by atoms with E-state index in [9.17, 15) is 4.79 Å². The van der Waals surface area contributed by atoms with E-state index in [4.69, 9.17) is 29.6 Å². The van der Waals surface area contributed by atoms with Crippen molar-refractivity contribution in [2.24, 2.45) is 5.73 Å². The number of anilines is 1. The largest absolute Gasteiger partial charge is 0.389 e. The topological polar surface area (TPSA) is 49.6 Å². The quantitative estimate of drug-likeness (QED) is 0.844. The summed E-state index contributed by atoms with van der Waals surface area (Å²) in [4.78, 5) is 15.6. The maximum absolute atomic E-state index is 11.8. The normalized spacial score (nSPS) is 10.1. The zero-order chi connectivity index (χ0) is 14.6. The minimum absolute atomic E-state index is 0.0192. The van der Waals surface area contributed by atoms with Gasteiger partial charge in [0.15, 0.2) is 0 Å². The number of hydrogen-bond donors (Lipinski definition) is 1. The van der Waals surface area contributed by atoms with Gasteiger partial charge < -0.3 is 15.5 Å². The highest BCUT2D eigenvalue weighted by atomic mass is 35.5. The zero-order valence-corrected chi connectivity index (χ0v) is 12.9. The predicted octanol–water partition coefficient (Wildman–Crippen LogP) is 1.89. The van der Waals surface area contributed by atoms with Crippen LogP contribution in [0, 0.1) is 0 Å². The Balaban J connectivity index is 3.11. The molecule has 0 unspecified atom stereocenters. The average Bonchev–Trinajstić information content (AvgIpc) is 2.35. The number of benzene rings is 1. The lowest BCUT2D eigenvalue weighted by Crippen LogP contribution is -2.37. The number of nitrogens with zero attached hydrogens (tertiary/aromatic N) is 2. The van der Waals surface area contributed by atoms with Crippen LogP contribution < -0.4 is 10.6 Å². The lowest BCUT2D eigenvalue weighted by Gasteiger charge is -2.26. The van der Waals surface area contributed by atoms with Crippen LogP contribution in [0.1, 0.15) is 12.5 Å². The molecule has 0 bridgehead atoms. The summed E-state index contributed by atoms with van der Waals surface area (Å²) in [5, 5.41) is 0.571. The van der Waals surface area contributed by atoms with Crippen molar-refractivity contribution >= 4 is 40.4 Å². The molecule has 0 spiro atoms. The maximum atomic E-state index is 11.8. The van der Waals surface area contributed by atoms with Crippen LogP contribution in [0.2, 0.25) is 5.02 Å². The van der Waals surface area contributed by atoms with Crippen LogP contribution in [0.15, 0.2) is 18.2 Å². The number of nitrogens with two attached hydrogens (primary N) is 1. The predicted molar refractivity (Wildman–Crippen MR) is 83.9 cm³/mol. The highest BCUT2D eigenvalue weighted by Gasteiger charge is 2.16. The summed E-state index contributed by atoms with van der Waals surface area (Å²) in [5.74, 6) is 0.0192. The molecule has 1 rings (SSSR count). The molecule has 0 aliphatic rings. The first-order chi connectivity index (χ1) is 8.86. The van der Waals surface area contributed by atoms with Gasteiger partial charge in [-0.05, 0) is 25.1 Å². The molecule has 104 valence electrons. The molecule has 0 saturated carbocycles. The molecule has 2 N–H and O–H groups in total. The van der Waals surface area contributed by atoms with E-state index in [0.29, 0.717) is 17.1 Å². The molecular weight excluding hydrogens is 282 g/mol. The van der Waals surface area contributed by atoms with Crippen LogP contribution in [0.25, 0.3) is 0 Å². The molecule has 4 nitrogen and oxygen atoms in total. The van der Waals surface area contributed by atoms with E-state index >= 15 is 0 Å². The number of carbonyl (C=O) groups is 1. The monoisotopic (exact) mass is 299 g/mol. The van der Waals surface area contributed by atoms with Gasteiger partial charge in [-0.3, -0.25) is 4.79 Å². The number of halogens is 1. The zero-order valence-electron chi connectivity index (χ0n) is 11.3. The van der Waals surface area contributed by atoms with E-state index in [2.05, 4.69) is 0 Å². The van der Waals surface area contributed by atoms with Crippen molar-refractivity contribution in [2.45, 2.75) is 6.92 Å². The average molecular weight is 300 g/mol. The second kappa shape index (κ2) is 6.73. The van der Waals surface area contributed by atoms with Gasteiger partial charge in [0.05, 0.1) is 6.54 Å². The van der Waals surface area contributed by atoms with E-state index in [1.807, 2.05) is 17.9 Å². The van der Waals surface area contributed by atoms with Gasteiger partial charge in [-0.1, -0.05) is 23.8 Å². The standard InChI is InChI=1S/C13H18ClN3OS/c1-4-17(8-12(18)16(2)3)11-6-5-9(14)7-10(11)13(15)19/h5-7H,4,8H2,1-3H3,(H2,15,19). The molecule has 0 atom stereocenters. The third-order valence-electron chi connectivity index (χ3n) is 2.77. The molecule has 1 aromatic carbocycles. The lowest BCUT2D eigenvalue weighted by molar-refractivity contribution is -0.127. The van der Waals surface area contributed by atoms with Gasteiger partial charge in [-0.15, -0.1) is 0 Å². The third-order valence-corrected chi connectivity index (χ3v) is 3.23. The Labute approximate surface area is 124 Å². The first kappa shape index (κ1) is 15.7. The van der Waals surface area contributed by atoms with E-state index < -0.39 is 0 Å². The summed E-state index contributed by atoms with van der Waals surface area (Å²) in [6.07, 6.45) is 0. The molecule has 0 saturated heterocycles. The van der Waals surface area contributed by atoms with Gasteiger partial charge in [0, 0.05) is 36.9 Å². The van der Waals surface area contributed by atoms with Crippen LogP contribution in [0.3, 0.4) is 0 Å². The highest BCUT2D eigenvalue weighted by molar-refractivity contribution is 7.80. The number of likely N-dealkylation sites (N-methyl/N-ethyl adjacent to an activating group) is 2. The highest BCUT2D eigenvalue weighted by Crippen LogP contribution is 2.24. The van der Waals surface area contributed by atoms with Gasteiger partial charge in [0.25, 0.3) is 0 Å². The number of rotatable bonds is 5. The number of amides is 1. The fourth-order valence-electron chi connectivity index (χ4n) is 1.65. The molecule has 1 aromatic rings. The minimum atomic E-state index is 0.0192. The number of carbonyl (C=O) groups excluding carboxylic acids is 1. The van der Waals surface area contributed by atoms with Gasteiger partial charge >= 0.3 is 0 Å². The SMILES string of the molecule is CCN(CC(=O)N(C)C)c1ccc(Cl)cc1C(N)=S. The van der Waals surface area contributed by atoms with Crippen LogP contribution in [-0.4, -0.2) is 43.0 Å². The molecule has 19 heavy (non-hydrogen) atoms. The van der Waals surface area contributed by atoms with E-state index in [1.165, 1.54) is 0 Å². The smallest absolute Gasteiger partial charge is 0.241 e. The molecule has 0 heterocycles. The minimum Gasteiger partial charge on any atom is -0.389 e. The van der Waals surface area contributed by atoms with Crippen LogP contribution in [0.4, 0.5) is 5.69 Å². The van der Waals surface area contributed by atoms with E-state index in [0.717, 1.165) is 5.69 Å². The molecule has 0 radical (unpaired) electrons. The van der Waals surface area contributed by atoms with Gasteiger partial charge in [0.1, 0.15) is 4.99 Å². The van der Waals surface area contributed by atoms with Crippen molar-refractivity contribution in [1.82, 2.24) is 4.90 Å². The summed E-state index contributed by atoms with van der Waals surface area (Å²) in [7, 11) is 3.46. The Hall–Kier alpha value is -1.33. The molecule has 0 aromatic heterocycles. The van der Waals surface area contributed by atoms with Gasteiger partial charge in [-0.25, -0.2) is 0 Å². The van der Waals surface area contributed by atoms with Crippen molar-refractivity contribution in [1.29, 1.82) is 0 Å².